The topological polar surface area (TPSA) is 285 Å². The number of methoxy groups -OCH3 is 1. The van der Waals surface area contributed by atoms with Gasteiger partial charge < -0.3 is 44.5 Å². The molecule has 0 aromatic heterocycles. The van der Waals surface area contributed by atoms with E-state index in [0.717, 1.165) is 7.11 Å². The quantitative estimate of drug-likeness (QED) is 0.129. The molecule has 10 atom stereocenters. The molecule has 0 aliphatic carbocycles. The fraction of sp³-hybridized carbons (Fsp3) is 0.923. The van der Waals surface area contributed by atoms with Crippen molar-refractivity contribution in [2.45, 2.75) is 61.3 Å². The zero-order valence-corrected chi connectivity index (χ0v) is 18.1. The van der Waals surface area contributed by atoms with E-state index in [0.29, 0.717) is 0 Å². The molecule has 2 rings (SSSR count). The summed E-state index contributed by atoms with van der Waals surface area (Å²) in [5.74, 6) is -1.73. The molecule has 0 aromatic rings. The highest BCUT2D eigenvalue weighted by atomic mass is 32.3. The van der Waals surface area contributed by atoms with Crippen molar-refractivity contribution in [3.05, 3.63) is 0 Å². The summed E-state index contributed by atoms with van der Waals surface area (Å²) >= 11 is 0. The summed E-state index contributed by atoms with van der Waals surface area (Å²) in [5.41, 5.74) is 0. The van der Waals surface area contributed by atoms with Gasteiger partial charge in [0.1, 0.15) is 42.7 Å². The Morgan fingerprint density at radius 1 is 0.939 bits per heavy atom. The first kappa shape index (κ1) is 28.1. The minimum atomic E-state index is -5.10. The second kappa shape index (κ2) is 10.7. The molecule has 20 heteroatoms. The minimum Gasteiger partial charge on any atom is -0.479 e. The molecule has 2 fully saturated rings. The Morgan fingerprint density at radius 2 is 1.55 bits per heavy atom. The van der Waals surface area contributed by atoms with Crippen LogP contribution in [0.4, 0.5) is 0 Å². The lowest BCUT2D eigenvalue weighted by Crippen LogP contribution is -2.68. The van der Waals surface area contributed by atoms with Gasteiger partial charge in [-0.25, -0.2) is 8.98 Å². The van der Waals surface area contributed by atoms with Crippen LogP contribution in [-0.2, 0) is 48.6 Å². The lowest BCUT2D eigenvalue weighted by atomic mass is 9.96. The van der Waals surface area contributed by atoms with E-state index in [1.165, 1.54) is 4.72 Å². The molecule has 2 saturated heterocycles. The van der Waals surface area contributed by atoms with Crippen molar-refractivity contribution in [2.24, 2.45) is 0 Å². The van der Waals surface area contributed by atoms with Crippen LogP contribution in [0.25, 0.3) is 0 Å². The molecule has 0 unspecified atom stereocenters. The van der Waals surface area contributed by atoms with Crippen molar-refractivity contribution in [3.63, 3.8) is 0 Å². The Bertz CT molecular complexity index is 893. The molecule has 0 spiro atoms. The summed E-state index contributed by atoms with van der Waals surface area (Å²) < 4.78 is 87.5. The molecule has 0 aromatic carbocycles. The van der Waals surface area contributed by atoms with Gasteiger partial charge in [0, 0.05) is 7.11 Å². The normalized spacial score (nSPS) is 40.5. The summed E-state index contributed by atoms with van der Waals surface area (Å²) in [4.78, 5) is 11.6. The largest absolute Gasteiger partial charge is 0.479 e. The molecule has 8 N–H and O–H groups in total. The maximum atomic E-state index is 11.6. The molecule has 0 radical (unpaired) electrons. The zero-order valence-electron chi connectivity index (χ0n) is 16.5. The number of hydrogen-bond acceptors (Lipinski definition) is 14. The molecular weight excluding hydrogens is 506 g/mol. The fourth-order valence-electron chi connectivity index (χ4n) is 3.17. The van der Waals surface area contributed by atoms with E-state index in [2.05, 4.69) is 4.18 Å². The number of nitrogens with one attached hydrogen (secondary N) is 1. The van der Waals surface area contributed by atoms with Crippen molar-refractivity contribution < 1.29 is 79.4 Å². The Labute approximate surface area is 186 Å². The Kier molecular flexibility index (Phi) is 9.08. The maximum Gasteiger partial charge on any atom is 0.397 e. The van der Waals surface area contributed by atoms with Crippen LogP contribution < -0.4 is 4.72 Å². The third kappa shape index (κ3) is 7.19. The lowest BCUT2D eigenvalue weighted by Gasteiger charge is -2.46. The Hall–Kier alpha value is -1.11. The average Bonchev–Trinajstić information content (AvgIpc) is 2.68. The van der Waals surface area contributed by atoms with Gasteiger partial charge in [-0.05, 0) is 0 Å². The van der Waals surface area contributed by atoms with Gasteiger partial charge in [0.05, 0.1) is 6.61 Å². The van der Waals surface area contributed by atoms with Crippen molar-refractivity contribution in [1.82, 2.24) is 4.72 Å². The molecule has 0 bridgehead atoms. The van der Waals surface area contributed by atoms with Gasteiger partial charge in [-0.2, -0.15) is 21.6 Å². The lowest BCUT2D eigenvalue weighted by molar-refractivity contribution is -0.337. The number of aliphatic hydroxyl groups excluding tert-OH is 4. The molecule has 0 saturated carbocycles. The van der Waals surface area contributed by atoms with Crippen molar-refractivity contribution >= 4 is 26.7 Å². The molecule has 18 nitrogen and oxygen atoms in total. The van der Waals surface area contributed by atoms with Gasteiger partial charge in [0.25, 0.3) is 0 Å². The van der Waals surface area contributed by atoms with Crippen LogP contribution in [0.15, 0.2) is 0 Å². The van der Waals surface area contributed by atoms with E-state index in [1.54, 1.807) is 0 Å². The van der Waals surface area contributed by atoms with Gasteiger partial charge in [-0.1, -0.05) is 0 Å². The number of hydrogen-bond donors (Lipinski definition) is 8. The third-order valence-corrected chi connectivity index (χ3v) is 5.68. The van der Waals surface area contributed by atoms with E-state index in [9.17, 15) is 47.2 Å². The Balaban J connectivity index is 2.36. The molecule has 2 aliphatic heterocycles. The van der Waals surface area contributed by atoms with E-state index in [1.807, 2.05) is 0 Å². The number of aliphatic carboxylic acids is 1. The first-order valence-corrected chi connectivity index (χ1v) is 11.7. The highest BCUT2D eigenvalue weighted by Crippen LogP contribution is 2.30. The van der Waals surface area contributed by atoms with Crippen LogP contribution >= 0.6 is 0 Å². The van der Waals surface area contributed by atoms with Crippen LogP contribution in [0.2, 0.25) is 0 Å². The highest BCUT2D eigenvalue weighted by Gasteiger charge is 2.53. The van der Waals surface area contributed by atoms with Gasteiger partial charge in [-0.15, -0.1) is 0 Å². The van der Waals surface area contributed by atoms with Crippen LogP contribution in [0.5, 0.6) is 0 Å². The summed E-state index contributed by atoms with van der Waals surface area (Å²) in [5, 5.41) is 50.1. The second-order valence-corrected chi connectivity index (χ2v) is 9.21. The maximum absolute atomic E-state index is 11.6. The zero-order chi connectivity index (χ0) is 25.3. The fourth-order valence-corrected chi connectivity index (χ4v) is 4.07. The molecular formula is C13H23NO17S2. The SMILES string of the molecule is CO[C@@H]1O[C@H](C(=O)O)[C@@H](O[C@H]2O[C@H](COS(=O)(=O)O)[C@@H](O)[C@H](O)[C@H]2NS(=O)(=O)O)[C@H](O)[C@H]1O. The summed E-state index contributed by atoms with van der Waals surface area (Å²) in [6, 6.07) is -2.06. The average molecular weight is 529 g/mol. The monoisotopic (exact) mass is 529 g/mol. The number of carbonyl (C=O) groups is 1. The van der Waals surface area contributed by atoms with Crippen LogP contribution in [0.3, 0.4) is 0 Å². The van der Waals surface area contributed by atoms with Gasteiger partial charge in [-0.3, -0.25) is 9.11 Å². The second-order valence-electron chi connectivity index (χ2n) is 6.94. The van der Waals surface area contributed by atoms with Crippen LogP contribution in [0.1, 0.15) is 0 Å². The van der Waals surface area contributed by atoms with Crippen LogP contribution in [-0.4, -0.2) is 133 Å². The predicted molar refractivity (Wildman–Crippen MR) is 96.8 cm³/mol. The standard InChI is InChI=1S/C13H23NO17S2/c1-27-13-8(18)7(17)9(10(31-13)11(19)20)30-12-4(14-32(21,22)23)6(16)5(15)3(29-12)2-28-33(24,25)26/h3-10,12-18H,2H2,1H3,(H,19,20)(H,21,22,23)(H,24,25,26)/t3-,4-,5-,6-,7-,8-,9+,10+,12-,13-/m1/s1. The number of ether oxygens (including phenoxy) is 4. The number of aliphatic hydroxyl groups is 4. The van der Waals surface area contributed by atoms with E-state index >= 15 is 0 Å². The summed E-state index contributed by atoms with van der Waals surface area (Å²) in [6.07, 6.45) is -17.8. The first-order valence-electron chi connectivity index (χ1n) is 8.86. The van der Waals surface area contributed by atoms with Gasteiger partial charge in [0.15, 0.2) is 18.7 Å². The smallest absolute Gasteiger partial charge is 0.397 e. The highest BCUT2D eigenvalue weighted by molar-refractivity contribution is 7.83. The van der Waals surface area contributed by atoms with E-state index in [-0.39, 0.29) is 0 Å². The molecule has 2 aliphatic rings. The summed E-state index contributed by atoms with van der Waals surface area (Å²) in [7, 11) is -9.11. The van der Waals surface area contributed by atoms with Gasteiger partial charge in [0.2, 0.25) is 0 Å². The van der Waals surface area contributed by atoms with Crippen molar-refractivity contribution in [1.29, 1.82) is 0 Å². The first-order chi connectivity index (χ1) is 15.1. The number of carboxylic acids is 1. The Morgan fingerprint density at radius 3 is 2.03 bits per heavy atom. The van der Waals surface area contributed by atoms with Crippen LogP contribution in [0, 0.1) is 0 Å². The number of carboxylic acid groups (broad SMARTS) is 1. The third-order valence-electron chi connectivity index (χ3n) is 4.68. The molecule has 33 heavy (non-hydrogen) atoms. The van der Waals surface area contributed by atoms with Crippen molar-refractivity contribution in [3.8, 4) is 0 Å². The van der Waals surface area contributed by atoms with E-state index in [4.69, 9.17) is 28.1 Å². The minimum absolute atomic E-state index is 1.04. The molecule has 2 heterocycles. The number of rotatable bonds is 9. The predicted octanol–water partition coefficient (Wildman–Crippen LogP) is -5.42. The van der Waals surface area contributed by atoms with Crippen molar-refractivity contribution in [2.75, 3.05) is 13.7 Å². The summed E-state index contributed by atoms with van der Waals surface area (Å²) in [6.45, 7) is -1.13. The van der Waals surface area contributed by atoms with Gasteiger partial charge >= 0.3 is 26.7 Å². The van der Waals surface area contributed by atoms with E-state index < -0.39 is 94.6 Å². The molecule has 194 valence electrons. The molecule has 0 amide bonds.